The molecule has 0 aliphatic carbocycles. The first-order valence-corrected chi connectivity index (χ1v) is 5.58. The van der Waals surface area contributed by atoms with E-state index < -0.39 is 36.7 Å². The van der Waals surface area contributed by atoms with Crippen LogP contribution in [0.4, 0.5) is 4.79 Å². The summed E-state index contributed by atoms with van der Waals surface area (Å²) in [5.74, 6) is -1.94. The zero-order valence-corrected chi connectivity index (χ0v) is 10.4. The van der Waals surface area contributed by atoms with Gasteiger partial charge in [-0.25, -0.2) is 14.4 Å². The van der Waals surface area contributed by atoms with Gasteiger partial charge >= 0.3 is 18.0 Å². The lowest BCUT2D eigenvalue weighted by molar-refractivity contribution is -0.158. The Morgan fingerprint density at radius 1 is 1.53 bits per heavy atom. The van der Waals surface area contributed by atoms with E-state index in [-0.39, 0.29) is 19.7 Å². The van der Waals surface area contributed by atoms with Gasteiger partial charge in [0.15, 0.2) is 12.1 Å². The third kappa shape index (κ3) is 4.07. The molecular weight excluding hydrogens is 260 g/mol. The summed E-state index contributed by atoms with van der Waals surface area (Å²) < 4.78 is 9.63. The maximum Gasteiger partial charge on any atom is 0.336 e. The van der Waals surface area contributed by atoms with E-state index in [1.807, 2.05) is 0 Å². The van der Waals surface area contributed by atoms with Gasteiger partial charge in [-0.1, -0.05) is 0 Å². The summed E-state index contributed by atoms with van der Waals surface area (Å²) >= 11 is 0. The van der Waals surface area contributed by atoms with Crippen LogP contribution in [0.25, 0.3) is 0 Å². The fourth-order valence-corrected chi connectivity index (χ4v) is 1.53. The van der Waals surface area contributed by atoms with Crippen molar-refractivity contribution in [1.29, 1.82) is 0 Å². The molecule has 0 aromatic carbocycles. The molecule has 0 saturated carbocycles. The number of aliphatic hydroxyl groups is 1. The summed E-state index contributed by atoms with van der Waals surface area (Å²) in [6, 6.07) is -2.06. The van der Waals surface area contributed by atoms with Crippen LogP contribution in [0.1, 0.15) is 0 Å². The van der Waals surface area contributed by atoms with Crippen molar-refractivity contribution in [3.05, 3.63) is 0 Å². The number of carboxylic acid groups (broad SMARTS) is 1. The average molecular weight is 276 g/mol. The van der Waals surface area contributed by atoms with Gasteiger partial charge in [0.05, 0.1) is 26.9 Å². The Morgan fingerprint density at radius 3 is 2.74 bits per heavy atom. The van der Waals surface area contributed by atoms with Crippen molar-refractivity contribution >= 4 is 18.0 Å². The van der Waals surface area contributed by atoms with E-state index in [9.17, 15) is 14.4 Å². The summed E-state index contributed by atoms with van der Waals surface area (Å²) in [4.78, 5) is 35.0. The largest absolute Gasteiger partial charge is 0.480 e. The molecule has 0 aromatic rings. The molecule has 1 fully saturated rings. The number of morpholine rings is 1. The molecule has 2 atom stereocenters. The van der Waals surface area contributed by atoms with Crippen molar-refractivity contribution < 1.29 is 34.1 Å². The molecule has 1 rings (SSSR count). The molecule has 0 spiro atoms. The monoisotopic (exact) mass is 276 g/mol. The van der Waals surface area contributed by atoms with E-state index in [1.165, 1.54) is 12.0 Å². The normalized spacial score (nSPS) is 20.5. The van der Waals surface area contributed by atoms with Gasteiger partial charge in [0.25, 0.3) is 0 Å². The van der Waals surface area contributed by atoms with Gasteiger partial charge in [-0.2, -0.15) is 0 Å². The highest BCUT2D eigenvalue weighted by Gasteiger charge is 2.31. The molecule has 3 N–H and O–H groups in total. The second-order valence-corrected chi connectivity index (χ2v) is 3.85. The summed E-state index contributed by atoms with van der Waals surface area (Å²) in [6.45, 7) is -0.386. The summed E-state index contributed by atoms with van der Waals surface area (Å²) in [5.41, 5.74) is 0. The standard InChI is InChI=1S/C10H16N2O7/c1-18-9(16)7-4-12(2-3-19-7)10(17)11-6(5-13)8(14)15/h6-7,13H,2-5H2,1H3,(H,11,17)(H,14,15)/t6-,7?/m1/s1. The number of nitrogens with one attached hydrogen (secondary N) is 1. The van der Waals surface area contributed by atoms with Crippen LogP contribution in [0.3, 0.4) is 0 Å². The molecule has 0 bridgehead atoms. The van der Waals surface area contributed by atoms with E-state index >= 15 is 0 Å². The minimum Gasteiger partial charge on any atom is -0.480 e. The fourth-order valence-electron chi connectivity index (χ4n) is 1.53. The number of carbonyl (C=O) groups excluding carboxylic acids is 2. The zero-order chi connectivity index (χ0) is 14.4. The lowest BCUT2D eigenvalue weighted by Crippen LogP contribution is -2.55. The van der Waals surface area contributed by atoms with E-state index in [1.54, 1.807) is 0 Å². The first-order valence-electron chi connectivity index (χ1n) is 5.58. The number of esters is 1. The number of aliphatic carboxylic acids is 1. The van der Waals surface area contributed by atoms with E-state index in [0.717, 1.165) is 0 Å². The van der Waals surface area contributed by atoms with Gasteiger partial charge in [-0.15, -0.1) is 0 Å². The first kappa shape index (κ1) is 15.2. The van der Waals surface area contributed by atoms with Crippen molar-refractivity contribution in [1.82, 2.24) is 10.2 Å². The van der Waals surface area contributed by atoms with Crippen LogP contribution in [0.5, 0.6) is 0 Å². The number of methoxy groups -OCH3 is 1. The lowest BCUT2D eigenvalue weighted by Gasteiger charge is -2.32. The number of amides is 2. The molecule has 9 heteroatoms. The summed E-state index contributed by atoms with van der Waals surface area (Å²) in [6.07, 6.45) is -0.887. The molecule has 19 heavy (non-hydrogen) atoms. The van der Waals surface area contributed by atoms with E-state index in [2.05, 4.69) is 10.1 Å². The van der Waals surface area contributed by atoms with Crippen LogP contribution in [-0.4, -0.2) is 78.6 Å². The SMILES string of the molecule is COC(=O)C1CN(C(=O)N[C@H](CO)C(=O)O)CCO1. The highest BCUT2D eigenvalue weighted by atomic mass is 16.6. The molecule has 0 radical (unpaired) electrons. The van der Waals surface area contributed by atoms with Gasteiger partial charge in [-0.05, 0) is 0 Å². The molecule has 9 nitrogen and oxygen atoms in total. The molecule has 1 saturated heterocycles. The third-order valence-corrected chi connectivity index (χ3v) is 2.60. The molecule has 2 amide bonds. The number of hydrogen-bond acceptors (Lipinski definition) is 6. The van der Waals surface area contributed by atoms with Gasteiger partial charge in [0, 0.05) is 6.54 Å². The van der Waals surface area contributed by atoms with Crippen LogP contribution in [0.15, 0.2) is 0 Å². The van der Waals surface area contributed by atoms with Gasteiger partial charge in [0.1, 0.15) is 0 Å². The number of nitrogens with zero attached hydrogens (tertiary/aromatic N) is 1. The van der Waals surface area contributed by atoms with Crippen LogP contribution >= 0.6 is 0 Å². The maximum absolute atomic E-state index is 11.8. The average Bonchev–Trinajstić information content (AvgIpc) is 2.43. The molecule has 108 valence electrons. The van der Waals surface area contributed by atoms with Crippen molar-refractivity contribution in [3.63, 3.8) is 0 Å². The van der Waals surface area contributed by atoms with Gasteiger partial charge in [0.2, 0.25) is 0 Å². The van der Waals surface area contributed by atoms with Crippen molar-refractivity contribution in [2.24, 2.45) is 0 Å². The Bertz CT molecular complexity index is 360. The van der Waals surface area contributed by atoms with Crippen molar-refractivity contribution in [2.45, 2.75) is 12.1 Å². The highest BCUT2D eigenvalue weighted by Crippen LogP contribution is 2.07. The molecule has 1 aliphatic rings. The Labute approximate surface area is 109 Å². The first-order chi connectivity index (χ1) is 8.99. The number of carbonyl (C=O) groups is 3. The fraction of sp³-hybridized carbons (Fsp3) is 0.700. The zero-order valence-electron chi connectivity index (χ0n) is 10.4. The second-order valence-electron chi connectivity index (χ2n) is 3.85. The molecular formula is C10H16N2O7. The number of ether oxygens (including phenoxy) is 2. The van der Waals surface area contributed by atoms with Crippen molar-refractivity contribution in [3.8, 4) is 0 Å². The van der Waals surface area contributed by atoms with Crippen LogP contribution in [0, 0.1) is 0 Å². The second kappa shape index (κ2) is 6.90. The quantitative estimate of drug-likeness (QED) is 0.508. The third-order valence-electron chi connectivity index (χ3n) is 2.60. The number of aliphatic hydroxyl groups excluding tert-OH is 1. The molecule has 0 aromatic heterocycles. The highest BCUT2D eigenvalue weighted by molar-refractivity contribution is 5.83. The Kier molecular flexibility index (Phi) is 5.52. The van der Waals surface area contributed by atoms with Gasteiger partial charge in [-0.3, -0.25) is 0 Å². The van der Waals surface area contributed by atoms with Crippen molar-refractivity contribution in [2.75, 3.05) is 33.4 Å². The Balaban J connectivity index is 2.57. The van der Waals surface area contributed by atoms with Crippen LogP contribution in [-0.2, 0) is 19.1 Å². The van der Waals surface area contributed by atoms with E-state index in [4.69, 9.17) is 14.9 Å². The van der Waals surface area contributed by atoms with E-state index in [0.29, 0.717) is 0 Å². The number of rotatable bonds is 4. The predicted octanol–water partition coefficient (Wildman–Crippen LogP) is -1.98. The Morgan fingerprint density at radius 2 is 2.21 bits per heavy atom. The topological polar surface area (TPSA) is 125 Å². The summed E-state index contributed by atoms with van der Waals surface area (Å²) in [5, 5.41) is 19.7. The molecule has 1 heterocycles. The minimum absolute atomic E-state index is 0.0315. The number of carboxylic acids is 1. The smallest absolute Gasteiger partial charge is 0.336 e. The minimum atomic E-state index is -1.38. The Hall–Kier alpha value is -1.87. The maximum atomic E-state index is 11.8. The van der Waals surface area contributed by atoms with Crippen LogP contribution < -0.4 is 5.32 Å². The number of urea groups is 1. The number of hydrogen-bond donors (Lipinski definition) is 3. The van der Waals surface area contributed by atoms with Crippen LogP contribution in [0.2, 0.25) is 0 Å². The predicted molar refractivity (Wildman–Crippen MR) is 60.4 cm³/mol. The van der Waals surface area contributed by atoms with Gasteiger partial charge < -0.3 is 29.9 Å². The summed E-state index contributed by atoms with van der Waals surface area (Å²) in [7, 11) is 1.21. The molecule has 1 unspecified atom stereocenters. The molecule has 1 aliphatic heterocycles. The lowest BCUT2D eigenvalue weighted by atomic mass is 10.2.